The average Bonchev–Trinajstić information content (AvgIpc) is 2.52. The van der Waals surface area contributed by atoms with Crippen LogP contribution in [-0.2, 0) is 0 Å². The largest absolute Gasteiger partial charge is 0.400 e. The number of hydrogen-bond acceptors (Lipinski definition) is 4. The molecule has 0 aliphatic rings. The quantitative estimate of drug-likeness (QED) is 0.370. The molecule has 1 aromatic carbocycles. The van der Waals surface area contributed by atoms with E-state index in [1.807, 2.05) is 45.0 Å². The zero-order chi connectivity index (χ0) is 16.8. The molecule has 0 saturated carbocycles. The maximum atomic E-state index is 5.98. The molecule has 0 saturated heterocycles. The van der Waals surface area contributed by atoms with Gasteiger partial charge in [-0.25, -0.2) is 5.84 Å². The van der Waals surface area contributed by atoms with E-state index in [1.165, 1.54) is 31.2 Å². The molecule has 5 N–H and O–H groups in total. The van der Waals surface area contributed by atoms with Crippen LogP contribution in [0.5, 0.6) is 0 Å². The summed E-state index contributed by atoms with van der Waals surface area (Å²) in [4.78, 5) is 0. The number of benzene rings is 1. The number of nitrogens with one attached hydrogen (secondary N) is 1. The van der Waals surface area contributed by atoms with Gasteiger partial charge in [-0.2, -0.15) is 0 Å². The van der Waals surface area contributed by atoms with Crippen molar-refractivity contribution < 1.29 is 0 Å². The zero-order valence-electron chi connectivity index (χ0n) is 14.7. The summed E-state index contributed by atoms with van der Waals surface area (Å²) in [5.74, 6) is 5.98. The van der Waals surface area contributed by atoms with Crippen LogP contribution in [0.1, 0.15) is 52.0 Å². The number of unbranched alkanes of at least 4 members (excludes halogenated alkanes) is 3. The van der Waals surface area contributed by atoms with Crippen molar-refractivity contribution in [3.8, 4) is 0 Å². The Bertz CT molecular complexity index is 415. The second kappa shape index (κ2) is 13.2. The van der Waals surface area contributed by atoms with Crippen LogP contribution in [-0.4, -0.2) is 13.1 Å². The number of anilines is 1. The minimum absolute atomic E-state index is 0.672. The van der Waals surface area contributed by atoms with Gasteiger partial charge in [-0.05, 0) is 37.6 Å². The predicted molar refractivity (Wildman–Crippen MR) is 98.5 cm³/mol. The topological polar surface area (TPSA) is 67.3 Å². The van der Waals surface area contributed by atoms with E-state index in [4.69, 9.17) is 11.6 Å². The first-order valence-corrected chi connectivity index (χ1v) is 8.41. The average molecular weight is 306 g/mol. The molecule has 0 heterocycles. The van der Waals surface area contributed by atoms with Gasteiger partial charge < -0.3 is 11.1 Å². The van der Waals surface area contributed by atoms with Crippen LogP contribution in [0, 0.1) is 6.92 Å². The zero-order valence-corrected chi connectivity index (χ0v) is 14.7. The Kier molecular flexibility index (Phi) is 12.3. The first kappa shape index (κ1) is 20.5. The molecule has 0 amide bonds. The second-order valence-corrected chi connectivity index (χ2v) is 5.19. The standard InChI is InChI=1S/C16H28N4.C2H6/c1-3-4-5-6-10-19-12-15(17)13-20(18)16-9-7-8-14(2)11-16;1-2/h7-9,11,13,19H,3-6,10,12,17-18H2,1-2H3;1-2H3/b15-13-;. The Morgan fingerprint density at radius 3 is 2.59 bits per heavy atom. The Morgan fingerprint density at radius 1 is 1.23 bits per heavy atom. The van der Waals surface area contributed by atoms with E-state index in [9.17, 15) is 0 Å². The van der Waals surface area contributed by atoms with Gasteiger partial charge in [0.2, 0.25) is 0 Å². The van der Waals surface area contributed by atoms with Crippen molar-refractivity contribution in [3.63, 3.8) is 0 Å². The number of nitrogens with zero attached hydrogens (tertiary/aromatic N) is 1. The maximum absolute atomic E-state index is 5.98. The third-order valence-electron chi connectivity index (χ3n) is 3.14. The van der Waals surface area contributed by atoms with E-state index >= 15 is 0 Å². The van der Waals surface area contributed by atoms with Crippen LogP contribution in [0.3, 0.4) is 0 Å². The van der Waals surface area contributed by atoms with Gasteiger partial charge in [0.25, 0.3) is 0 Å². The van der Waals surface area contributed by atoms with Crippen LogP contribution >= 0.6 is 0 Å². The van der Waals surface area contributed by atoms with Crippen LogP contribution < -0.4 is 21.9 Å². The van der Waals surface area contributed by atoms with Crippen molar-refractivity contribution in [3.05, 3.63) is 41.7 Å². The van der Waals surface area contributed by atoms with Gasteiger partial charge in [-0.15, -0.1) is 0 Å². The lowest BCUT2D eigenvalue weighted by atomic mass is 10.2. The molecule has 0 fully saturated rings. The fraction of sp³-hybridized carbons (Fsp3) is 0.556. The number of aryl methyl sites for hydroxylation is 1. The van der Waals surface area contributed by atoms with Gasteiger partial charge in [0.1, 0.15) is 0 Å². The Hall–Kier alpha value is -1.52. The monoisotopic (exact) mass is 306 g/mol. The fourth-order valence-corrected chi connectivity index (χ4v) is 2.00. The summed E-state index contributed by atoms with van der Waals surface area (Å²) in [7, 11) is 0. The summed E-state index contributed by atoms with van der Waals surface area (Å²) in [5.41, 5.74) is 8.83. The molecule has 0 atom stereocenters. The molecule has 0 spiro atoms. The molecule has 126 valence electrons. The molecular formula is C18H34N4. The SMILES string of the molecule is CC.CCCCCCNC/C(N)=C/N(N)c1cccc(C)c1. The summed E-state index contributed by atoms with van der Waals surface area (Å²) in [6, 6.07) is 8.03. The van der Waals surface area contributed by atoms with E-state index in [0.717, 1.165) is 17.9 Å². The molecule has 0 radical (unpaired) electrons. The highest BCUT2D eigenvalue weighted by atomic mass is 15.4. The normalized spacial score (nSPS) is 10.9. The Labute approximate surface area is 136 Å². The molecule has 0 aliphatic carbocycles. The minimum Gasteiger partial charge on any atom is -0.400 e. The Balaban J connectivity index is 0.00000211. The third-order valence-corrected chi connectivity index (χ3v) is 3.14. The van der Waals surface area contributed by atoms with Crippen LogP contribution in [0.15, 0.2) is 36.2 Å². The van der Waals surface area contributed by atoms with Crippen molar-refractivity contribution in [1.29, 1.82) is 0 Å². The van der Waals surface area contributed by atoms with Gasteiger partial charge in [-0.1, -0.05) is 52.2 Å². The van der Waals surface area contributed by atoms with Crippen molar-refractivity contribution in [1.82, 2.24) is 5.32 Å². The van der Waals surface area contributed by atoms with Gasteiger partial charge in [-0.3, -0.25) is 5.01 Å². The fourth-order valence-electron chi connectivity index (χ4n) is 2.00. The number of rotatable bonds is 9. The molecule has 22 heavy (non-hydrogen) atoms. The summed E-state index contributed by atoms with van der Waals surface area (Å²) in [5, 5.41) is 4.91. The van der Waals surface area contributed by atoms with E-state index in [-0.39, 0.29) is 0 Å². The lowest BCUT2D eigenvalue weighted by Gasteiger charge is -2.16. The smallest absolute Gasteiger partial charge is 0.0571 e. The maximum Gasteiger partial charge on any atom is 0.0571 e. The van der Waals surface area contributed by atoms with Crippen LogP contribution in [0.2, 0.25) is 0 Å². The summed E-state index contributed by atoms with van der Waals surface area (Å²) < 4.78 is 0. The van der Waals surface area contributed by atoms with Gasteiger partial charge in [0.15, 0.2) is 0 Å². The van der Waals surface area contributed by atoms with E-state index < -0.39 is 0 Å². The van der Waals surface area contributed by atoms with Crippen molar-refractivity contribution in [2.24, 2.45) is 11.6 Å². The number of nitrogens with two attached hydrogens (primary N) is 2. The molecule has 4 heteroatoms. The van der Waals surface area contributed by atoms with Gasteiger partial charge in [0.05, 0.1) is 5.69 Å². The van der Waals surface area contributed by atoms with E-state index in [2.05, 4.69) is 12.2 Å². The molecular weight excluding hydrogens is 272 g/mol. The second-order valence-electron chi connectivity index (χ2n) is 5.19. The molecule has 1 rings (SSSR count). The number of hydrazine groups is 1. The third kappa shape index (κ3) is 9.42. The van der Waals surface area contributed by atoms with Gasteiger partial charge in [0, 0.05) is 18.4 Å². The van der Waals surface area contributed by atoms with Gasteiger partial charge >= 0.3 is 0 Å². The highest BCUT2D eigenvalue weighted by Gasteiger charge is 1.99. The molecule has 0 unspecified atom stereocenters. The number of hydrogen-bond donors (Lipinski definition) is 3. The van der Waals surface area contributed by atoms with Crippen molar-refractivity contribution >= 4 is 5.69 Å². The summed E-state index contributed by atoms with van der Waals surface area (Å²) in [6.07, 6.45) is 6.82. The van der Waals surface area contributed by atoms with Crippen molar-refractivity contribution in [2.45, 2.75) is 53.4 Å². The van der Waals surface area contributed by atoms with Crippen LogP contribution in [0.4, 0.5) is 5.69 Å². The Morgan fingerprint density at radius 2 is 1.95 bits per heavy atom. The van der Waals surface area contributed by atoms with E-state index in [1.54, 1.807) is 11.2 Å². The first-order valence-electron chi connectivity index (χ1n) is 8.41. The molecule has 0 bridgehead atoms. The summed E-state index contributed by atoms with van der Waals surface area (Å²) >= 11 is 0. The minimum atomic E-state index is 0.672. The lowest BCUT2D eigenvalue weighted by molar-refractivity contribution is 0.614. The molecule has 0 aliphatic heterocycles. The molecule has 1 aromatic rings. The van der Waals surface area contributed by atoms with E-state index in [0.29, 0.717) is 6.54 Å². The predicted octanol–water partition coefficient (Wildman–Crippen LogP) is 3.67. The first-order chi connectivity index (χ1) is 10.6. The van der Waals surface area contributed by atoms with Crippen LogP contribution in [0.25, 0.3) is 0 Å². The highest BCUT2D eigenvalue weighted by Crippen LogP contribution is 2.13. The summed E-state index contributed by atoms with van der Waals surface area (Å²) in [6.45, 7) is 9.94. The lowest BCUT2D eigenvalue weighted by Crippen LogP contribution is -2.29. The van der Waals surface area contributed by atoms with Crippen molar-refractivity contribution in [2.75, 3.05) is 18.1 Å². The molecule has 0 aromatic heterocycles. The molecule has 4 nitrogen and oxygen atoms in total. The highest BCUT2D eigenvalue weighted by molar-refractivity contribution is 5.49.